The van der Waals surface area contributed by atoms with Crippen LogP contribution in [0.1, 0.15) is 21.8 Å². The first-order valence-corrected chi connectivity index (χ1v) is 5.90. The molecule has 7 heteroatoms. The maximum absolute atomic E-state index is 11.2. The molecule has 7 nitrogen and oxygen atoms in total. The summed E-state index contributed by atoms with van der Waals surface area (Å²) in [5.41, 5.74) is 3.07. The second kappa shape index (κ2) is 6.69. The lowest BCUT2D eigenvalue weighted by molar-refractivity contribution is 0.0876. The van der Waals surface area contributed by atoms with Crippen LogP contribution in [0.4, 0.5) is 0 Å². The number of ether oxygens (including phenoxy) is 2. The van der Waals surface area contributed by atoms with Crippen LogP contribution in [0.15, 0.2) is 34.9 Å². The molecule has 3 N–H and O–H groups in total. The van der Waals surface area contributed by atoms with Gasteiger partial charge in [0.15, 0.2) is 11.5 Å². The highest BCUT2D eigenvalue weighted by Crippen LogP contribution is 2.14. The smallest absolute Gasteiger partial charge is 0.287 e. The van der Waals surface area contributed by atoms with E-state index in [-0.39, 0.29) is 12.3 Å². The monoisotopic (exact) mass is 277 g/mol. The molecule has 0 spiro atoms. The molecule has 0 radical (unpaired) electrons. The van der Waals surface area contributed by atoms with Gasteiger partial charge in [-0.25, -0.2) is 5.84 Å². The van der Waals surface area contributed by atoms with Crippen molar-refractivity contribution >= 4 is 5.91 Å². The van der Waals surface area contributed by atoms with Gasteiger partial charge in [-0.3, -0.25) is 10.2 Å². The number of methoxy groups -OCH3 is 1. The molecule has 0 aliphatic rings. The molecule has 2 aromatic rings. The Morgan fingerprint density at radius 2 is 2.25 bits per heavy atom. The van der Waals surface area contributed by atoms with E-state index in [1.54, 1.807) is 7.11 Å². The minimum absolute atomic E-state index is 0.118. The van der Waals surface area contributed by atoms with Gasteiger partial charge in [-0.15, -0.1) is 0 Å². The van der Waals surface area contributed by atoms with Crippen LogP contribution in [0.5, 0.6) is 5.75 Å². The zero-order valence-electron chi connectivity index (χ0n) is 11.0. The van der Waals surface area contributed by atoms with Crippen LogP contribution in [0.2, 0.25) is 0 Å². The van der Waals surface area contributed by atoms with Gasteiger partial charge in [-0.2, -0.15) is 0 Å². The molecule has 0 unspecified atom stereocenters. The van der Waals surface area contributed by atoms with Crippen molar-refractivity contribution in [2.24, 2.45) is 5.84 Å². The molecular weight excluding hydrogens is 262 g/mol. The molecular formula is C13H15N3O4. The van der Waals surface area contributed by atoms with Gasteiger partial charge in [-0.1, -0.05) is 17.3 Å². The lowest BCUT2D eigenvalue weighted by atomic mass is 10.2. The molecule has 106 valence electrons. The number of nitrogens with zero attached hydrogens (tertiary/aromatic N) is 1. The van der Waals surface area contributed by atoms with Crippen molar-refractivity contribution in [3.8, 4) is 5.75 Å². The molecule has 0 saturated carbocycles. The number of nitrogens with two attached hydrogens (primary N) is 1. The summed E-state index contributed by atoms with van der Waals surface area (Å²) < 4.78 is 15.6. The first-order chi connectivity index (χ1) is 9.72. The van der Waals surface area contributed by atoms with Gasteiger partial charge >= 0.3 is 0 Å². The van der Waals surface area contributed by atoms with E-state index >= 15 is 0 Å². The second-order valence-corrected chi connectivity index (χ2v) is 4.00. The number of hydrogen-bond donors (Lipinski definition) is 2. The van der Waals surface area contributed by atoms with Crippen LogP contribution in [0, 0.1) is 0 Å². The predicted molar refractivity (Wildman–Crippen MR) is 69.6 cm³/mol. The number of nitrogens with one attached hydrogen (secondary N) is 1. The van der Waals surface area contributed by atoms with E-state index in [4.69, 9.17) is 19.8 Å². The molecule has 2 rings (SSSR count). The van der Waals surface area contributed by atoms with Crippen molar-refractivity contribution in [3.05, 3.63) is 47.3 Å². The van der Waals surface area contributed by atoms with E-state index in [0.29, 0.717) is 12.4 Å². The maximum atomic E-state index is 11.2. The van der Waals surface area contributed by atoms with E-state index in [1.165, 1.54) is 6.07 Å². The molecule has 0 atom stereocenters. The highest BCUT2D eigenvalue weighted by molar-refractivity contribution is 5.91. The zero-order chi connectivity index (χ0) is 14.4. The third-order valence-corrected chi connectivity index (χ3v) is 2.57. The van der Waals surface area contributed by atoms with Crippen molar-refractivity contribution < 1.29 is 18.8 Å². The average molecular weight is 277 g/mol. The Labute approximate surface area is 115 Å². The fraction of sp³-hybridized carbons (Fsp3) is 0.231. The molecule has 0 bridgehead atoms. The summed E-state index contributed by atoms with van der Waals surface area (Å²) in [6.07, 6.45) is 0. The van der Waals surface area contributed by atoms with Crippen molar-refractivity contribution in [2.75, 3.05) is 7.11 Å². The Morgan fingerprint density at radius 3 is 3.00 bits per heavy atom. The van der Waals surface area contributed by atoms with E-state index in [0.717, 1.165) is 11.3 Å². The van der Waals surface area contributed by atoms with Gasteiger partial charge in [0.2, 0.25) is 0 Å². The molecule has 0 aliphatic carbocycles. The number of carbonyl (C=O) groups is 1. The largest absolute Gasteiger partial charge is 0.497 e. The van der Waals surface area contributed by atoms with E-state index in [9.17, 15) is 4.79 Å². The molecule has 20 heavy (non-hydrogen) atoms. The standard InChI is InChI=1S/C13H15N3O4/c1-18-10-4-2-3-9(5-10)7-19-8-11-6-12(16-20-11)13(17)15-14/h2-6H,7-8,14H2,1H3,(H,15,17). The Hall–Kier alpha value is -2.38. The lowest BCUT2D eigenvalue weighted by Crippen LogP contribution is -2.30. The zero-order valence-corrected chi connectivity index (χ0v) is 11.0. The van der Waals surface area contributed by atoms with Crippen LogP contribution in [-0.4, -0.2) is 18.2 Å². The van der Waals surface area contributed by atoms with Crippen LogP contribution in [0.25, 0.3) is 0 Å². The second-order valence-electron chi connectivity index (χ2n) is 4.00. The van der Waals surface area contributed by atoms with Crippen LogP contribution in [-0.2, 0) is 18.0 Å². The number of carbonyl (C=O) groups excluding carboxylic acids is 1. The molecule has 0 aliphatic heterocycles. The minimum atomic E-state index is -0.507. The van der Waals surface area contributed by atoms with E-state index in [2.05, 4.69) is 5.16 Å². The van der Waals surface area contributed by atoms with Crippen LogP contribution in [0.3, 0.4) is 0 Å². The summed E-state index contributed by atoms with van der Waals surface area (Å²) in [5, 5.41) is 3.57. The summed E-state index contributed by atoms with van der Waals surface area (Å²) in [6, 6.07) is 9.03. The Kier molecular flexibility index (Phi) is 4.70. The summed E-state index contributed by atoms with van der Waals surface area (Å²) in [6.45, 7) is 0.610. The van der Waals surface area contributed by atoms with Gasteiger partial charge in [0.1, 0.15) is 12.4 Å². The first kappa shape index (κ1) is 14.0. The number of hydrogen-bond acceptors (Lipinski definition) is 6. The highest BCUT2D eigenvalue weighted by Gasteiger charge is 2.11. The number of rotatable bonds is 6. The van der Waals surface area contributed by atoms with Gasteiger partial charge in [-0.05, 0) is 17.7 Å². The lowest BCUT2D eigenvalue weighted by Gasteiger charge is -2.04. The summed E-state index contributed by atoms with van der Waals surface area (Å²) >= 11 is 0. The third kappa shape index (κ3) is 3.56. The molecule has 1 aromatic heterocycles. The fourth-order valence-electron chi connectivity index (χ4n) is 1.59. The molecule has 0 fully saturated rings. The Balaban J connectivity index is 1.86. The van der Waals surface area contributed by atoms with Crippen LogP contribution >= 0.6 is 0 Å². The van der Waals surface area contributed by atoms with Crippen molar-refractivity contribution in [1.29, 1.82) is 0 Å². The quantitative estimate of drug-likeness (QED) is 0.464. The summed E-state index contributed by atoms with van der Waals surface area (Å²) in [7, 11) is 1.61. The molecule has 1 heterocycles. The van der Waals surface area contributed by atoms with E-state index in [1.807, 2.05) is 29.7 Å². The number of nitrogen functional groups attached to an aromatic ring is 1. The van der Waals surface area contributed by atoms with Gasteiger partial charge in [0.05, 0.1) is 13.7 Å². The normalized spacial score (nSPS) is 10.3. The molecule has 1 amide bonds. The Morgan fingerprint density at radius 1 is 1.40 bits per heavy atom. The summed E-state index contributed by atoms with van der Waals surface area (Å²) in [4.78, 5) is 11.2. The average Bonchev–Trinajstić information content (AvgIpc) is 2.95. The van der Waals surface area contributed by atoms with Gasteiger partial charge in [0.25, 0.3) is 5.91 Å². The van der Waals surface area contributed by atoms with Gasteiger partial charge in [0, 0.05) is 6.07 Å². The molecule has 1 aromatic carbocycles. The fourth-order valence-corrected chi connectivity index (χ4v) is 1.59. The predicted octanol–water partition coefficient (Wildman–Crippen LogP) is 1.00. The maximum Gasteiger partial charge on any atom is 0.287 e. The molecule has 0 saturated heterocycles. The first-order valence-electron chi connectivity index (χ1n) is 5.90. The van der Waals surface area contributed by atoms with Gasteiger partial charge < -0.3 is 14.0 Å². The third-order valence-electron chi connectivity index (χ3n) is 2.57. The number of hydrazine groups is 1. The van der Waals surface area contributed by atoms with Crippen molar-refractivity contribution in [2.45, 2.75) is 13.2 Å². The number of amides is 1. The van der Waals surface area contributed by atoms with E-state index < -0.39 is 5.91 Å². The Bertz CT molecular complexity index is 583. The number of benzene rings is 1. The number of aromatic nitrogens is 1. The minimum Gasteiger partial charge on any atom is -0.497 e. The van der Waals surface area contributed by atoms with Crippen LogP contribution < -0.4 is 16.0 Å². The SMILES string of the molecule is COc1cccc(COCc2cc(C(=O)NN)no2)c1. The van der Waals surface area contributed by atoms with Crippen molar-refractivity contribution in [3.63, 3.8) is 0 Å². The van der Waals surface area contributed by atoms with Crippen molar-refractivity contribution in [1.82, 2.24) is 10.6 Å². The highest BCUT2D eigenvalue weighted by atomic mass is 16.5. The topological polar surface area (TPSA) is 99.6 Å². The summed E-state index contributed by atoms with van der Waals surface area (Å²) in [5.74, 6) is 5.71.